The molecule has 1 radical (unpaired) electrons. The summed E-state index contributed by atoms with van der Waals surface area (Å²) in [6.45, 7) is 28.6. The van der Waals surface area contributed by atoms with Gasteiger partial charge in [0, 0.05) is 23.7 Å². The van der Waals surface area contributed by atoms with E-state index < -0.39 is 9.36 Å². The standard InChI is InChI=1S/C18H39N2OSi/c1-15(2,3)14-13-19(16(4,5)6)22(21-18(10,11)12)20(14)17(7,8)9/h14H,13H2,1-12H3. The molecule has 0 bridgehead atoms. The minimum atomic E-state index is -1.23. The van der Waals surface area contributed by atoms with E-state index in [1.165, 1.54) is 0 Å². The van der Waals surface area contributed by atoms with Crippen molar-refractivity contribution in [2.24, 2.45) is 5.41 Å². The summed E-state index contributed by atoms with van der Waals surface area (Å²) in [7, 11) is -1.23. The third-order valence-corrected chi connectivity index (χ3v) is 7.54. The molecular weight excluding hydrogens is 288 g/mol. The van der Waals surface area contributed by atoms with Gasteiger partial charge in [-0.05, 0) is 67.7 Å². The van der Waals surface area contributed by atoms with Gasteiger partial charge in [-0.25, -0.2) is 0 Å². The second-order valence-electron chi connectivity index (χ2n) is 10.7. The third-order valence-electron chi connectivity index (χ3n) is 4.03. The molecule has 0 aliphatic carbocycles. The first-order valence-electron chi connectivity index (χ1n) is 8.57. The molecule has 1 atom stereocenters. The summed E-state index contributed by atoms with van der Waals surface area (Å²) >= 11 is 0. The minimum Gasteiger partial charge on any atom is -0.385 e. The summed E-state index contributed by atoms with van der Waals surface area (Å²) in [5.41, 5.74) is 0.360. The lowest BCUT2D eigenvalue weighted by Gasteiger charge is -2.46. The fourth-order valence-electron chi connectivity index (χ4n) is 2.95. The number of hydrogen-bond donors (Lipinski definition) is 0. The predicted molar refractivity (Wildman–Crippen MR) is 97.9 cm³/mol. The van der Waals surface area contributed by atoms with Gasteiger partial charge in [-0.15, -0.1) is 0 Å². The summed E-state index contributed by atoms with van der Waals surface area (Å²) < 4.78 is 12.0. The monoisotopic (exact) mass is 327 g/mol. The van der Waals surface area contributed by atoms with Gasteiger partial charge in [0.25, 0.3) is 0 Å². The highest BCUT2D eigenvalue weighted by Gasteiger charge is 2.55. The molecule has 4 heteroatoms. The quantitative estimate of drug-likeness (QED) is 0.663. The van der Waals surface area contributed by atoms with E-state index in [0.29, 0.717) is 6.04 Å². The zero-order valence-electron chi connectivity index (χ0n) is 17.1. The summed E-state index contributed by atoms with van der Waals surface area (Å²) in [5.74, 6) is 0. The Morgan fingerprint density at radius 1 is 0.773 bits per heavy atom. The molecule has 1 unspecified atom stereocenters. The average Bonchev–Trinajstić information content (AvgIpc) is 2.51. The van der Waals surface area contributed by atoms with Crippen molar-refractivity contribution in [3.05, 3.63) is 0 Å². The highest BCUT2D eigenvalue weighted by atomic mass is 28.3. The Kier molecular flexibility index (Phi) is 5.38. The van der Waals surface area contributed by atoms with E-state index in [1.54, 1.807) is 0 Å². The number of nitrogens with zero attached hydrogens (tertiary/aromatic N) is 2. The molecule has 0 saturated carbocycles. The number of hydrogen-bond acceptors (Lipinski definition) is 3. The second-order valence-corrected chi connectivity index (χ2v) is 12.5. The summed E-state index contributed by atoms with van der Waals surface area (Å²) in [5, 5.41) is 0. The van der Waals surface area contributed by atoms with Crippen LogP contribution in [0.25, 0.3) is 0 Å². The Morgan fingerprint density at radius 3 is 1.50 bits per heavy atom. The van der Waals surface area contributed by atoms with E-state index in [1.807, 2.05) is 0 Å². The van der Waals surface area contributed by atoms with E-state index in [9.17, 15) is 0 Å². The van der Waals surface area contributed by atoms with E-state index >= 15 is 0 Å². The molecule has 0 N–H and O–H groups in total. The van der Waals surface area contributed by atoms with Gasteiger partial charge < -0.3 is 4.43 Å². The highest BCUT2D eigenvalue weighted by Crippen LogP contribution is 2.40. The lowest BCUT2D eigenvalue weighted by atomic mass is 9.84. The van der Waals surface area contributed by atoms with Gasteiger partial charge in [0.15, 0.2) is 0 Å². The lowest BCUT2D eigenvalue weighted by Crippen LogP contribution is -2.62. The van der Waals surface area contributed by atoms with Crippen molar-refractivity contribution in [1.82, 2.24) is 9.13 Å². The van der Waals surface area contributed by atoms with Crippen LogP contribution in [0.1, 0.15) is 83.1 Å². The van der Waals surface area contributed by atoms with Crippen LogP contribution < -0.4 is 0 Å². The van der Waals surface area contributed by atoms with E-state index in [4.69, 9.17) is 4.43 Å². The molecule has 0 amide bonds. The normalized spacial score (nSPS) is 24.3. The first kappa shape index (κ1) is 20.1. The van der Waals surface area contributed by atoms with Crippen molar-refractivity contribution in [2.75, 3.05) is 6.54 Å². The summed E-state index contributed by atoms with van der Waals surface area (Å²) in [4.78, 5) is 0. The van der Waals surface area contributed by atoms with Crippen LogP contribution in [-0.4, -0.2) is 47.8 Å². The Balaban J connectivity index is 3.33. The topological polar surface area (TPSA) is 15.7 Å². The number of rotatable bonds is 1. The Labute approximate surface area is 141 Å². The maximum atomic E-state index is 6.66. The molecule has 1 saturated heterocycles. The van der Waals surface area contributed by atoms with E-state index in [-0.39, 0.29) is 22.1 Å². The third kappa shape index (κ3) is 4.79. The first-order valence-corrected chi connectivity index (χ1v) is 9.88. The van der Waals surface area contributed by atoms with Gasteiger partial charge >= 0.3 is 9.36 Å². The minimum absolute atomic E-state index is 0.109. The zero-order chi connectivity index (χ0) is 17.7. The van der Waals surface area contributed by atoms with Crippen LogP contribution in [0.4, 0.5) is 0 Å². The Hall–Kier alpha value is 0.0969. The van der Waals surface area contributed by atoms with Crippen LogP contribution in [0.3, 0.4) is 0 Å². The molecule has 1 fully saturated rings. The van der Waals surface area contributed by atoms with Crippen LogP contribution >= 0.6 is 0 Å². The van der Waals surface area contributed by atoms with Crippen LogP contribution in [0.15, 0.2) is 0 Å². The summed E-state index contributed by atoms with van der Waals surface area (Å²) in [6.07, 6.45) is 0. The van der Waals surface area contributed by atoms with E-state index in [2.05, 4.69) is 92.2 Å². The zero-order valence-corrected chi connectivity index (χ0v) is 18.1. The molecule has 0 aromatic rings. The molecule has 1 rings (SSSR count). The van der Waals surface area contributed by atoms with Gasteiger partial charge in [0.05, 0.1) is 5.60 Å². The van der Waals surface area contributed by atoms with Crippen molar-refractivity contribution >= 4 is 9.36 Å². The molecule has 3 nitrogen and oxygen atoms in total. The Morgan fingerprint density at radius 2 is 1.23 bits per heavy atom. The maximum absolute atomic E-state index is 6.66. The second kappa shape index (κ2) is 5.87. The molecule has 1 aliphatic heterocycles. The smallest absolute Gasteiger partial charge is 0.385 e. The molecule has 131 valence electrons. The maximum Gasteiger partial charge on any atom is 0.409 e. The fourth-order valence-corrected chi connectivity index (χ4v) is 6.18. The molecule has 1 aliphatic rings. The summed E-state index contributed by atoms with van der Waals surface area (Å²) in [6, 6.07) is 0.517. The van der Waals surface area contributed by atoms with Gasteiger partial charge in [-0.3, -0.25) is 9.13 Å². The average molecular weight is 328 g/mol. The van der Waals surface area contributed by atoms with Crippen molar-refractivity contribution in [2.45, 2.75) is 106 Å². The molecule has 0 spiro atoms. The van der Waals surface area contributed by atoms with Gasteiger partial charge in [-0.1, -0.05) is 20.8 Å². The van der Waals surface area contributed by atoms with Crippen LogP contribution in [0.2, 0.25) is 0 Å². The van der Waals surface area contributed by atoms with Gasteiger partial charge in [0.1, 0.15) is 0 Å². The van der Waals surface area contributed by atoms with Crippen LogP contribution in [-0.2, 0) is 4.43 Å². The molecule has 1 heterocycles. The predicted octanol–water partition coefficient (Wildman–Crippen LogP) is 4.42. The largest absolute Gasteiger partial charge is 0.409 e. The van der Waals surface area contributed by atoms with Crippen molar-refractivity contribution in [3.63, 3.8) is 0 Å². The molecular formula is C18H39N2OSi. The molecule has 22 heavy (non-hydrogen) atoms. The van der Waals surface area contributed by atoms with Gasteiger partial charge in [0.2, 0.25) is 0 Å². The van der Waals surface area contributed by atoms with Crippen LogP contribution in [0, 0.1) is 5.41 Å². The van der Waals surface area contributed by atoms with Gasteiger partial charge in [-0.2, -0.15) is 0 Å². The van der Waals surface area contributed by atoms with Crippen molar-refractivity contribution < 1.29 is 4.43 Å². The fraction of sp³-hybridized carbons (Fsp3) is 1.00. The molecule has 0 aromatic heterocycles. The first-order chi connectivity index (χ1) is 9.44. The Bertz CT molecular complexity index is 382. The lowest BCUT2D eigenvalue weighted by molar-refractivity contribution is 0.0562. The van der Waals surface area contributed by atoms with E-state index in [0.717, 1.165) is 6.54 Å². The molecule has 0 aromatic carbocycles. The van der Waals surface area contributed by atoms with Crippen molar-refractivity contribution in [1.29, 1.82) is 0 Å². The SMILES string of the molecule is CC(C)(C)O[Si]1N(C(C)(C)C)CC(C(C)(C)C)N1C(C)(C)C. The van der Waals surface area contributed by atoms with Crippen molar-refractivity contribution in [3.8, 4) is 0 Å². The van der Waals surface area contributed by atoms with Crippen LogP contribution in [0.5, 0.6) is 0 Å². The highest BCUT2D eigenvalue weighted by molar-refractivity contribution is 6.47.